The van der Waals surface area contributed by atoms with Gasteiger partial charge in [-0.3, -0.25) is 0 Å². The van der Waals surface area contributed by atoms with Crippen LogP contribution in [-0.2, 0) is 0 Å². The summed E-state index contributed by atoms with van der Waals surface area (Å²) in [5, 5.41) is 0. The Hall–Kier alpha value is -0.410. The van der Waals surface area contributed by atoms with Crippen molar-refractivity contribution in [1.29, 1.82) is 0 Å². The van der Waals surface area contributed by atoms with E-state index in [1.807, 2.05) is 0 Å². The molecule has 1 aromatic rings. The van der Waals surface area contributed by atoms with Crippen LogP contribution in [0.25, 0.3) is 0 Å². The topological polar surface area (TPSA) is 26.0 Å². The molecule has 3 heteroatoms. The summed E-state index contributed by atoms with van der Waals surface area (Å²) in [6.45, 7) is 2.22. The second-order valence-electron chi connectivity index (χ2n) is 4.83. The van der Waals surface area contributed by atoms with Crippen LogP contribution in [0, 0.1) is 5.82 Å². The molecular weight excluding hydrogens is 293 g/mol. The summed E-state index contributed by atoms with van der Waals surface area (Å²) < 4.78 is 13.7. The number of halogens is 2. The van der Waals surface area contributed by atoms with Crippen LogP contribution in [0.4, 0.5) is 4.39 Å². The monoisotopic (exact) mass is 315 g/mol. The fourth-order valence-electron chi connectivity index (χ4n) is 2.10. The molecule has 0 aromatic heterocycles. The molecule has 0 heterocycles. The molecule has 1 atom stereocenters. The van der Waals surface area contributed by atoms with Crippen LogP contribution in [0.15, 0.2) is 22.7 Å². The van der Waals surface area contributed by atoms with Gasteiger partial charge >= 0.3 is 0 Å². The molecule has 2 N–H and O–H groups in total. The lowest BCUT2D eigenvalue weighted by Crippen LogP contribution is -2.11. The van der Waals surface area contributed by atoms with Crippen molar-refractivity contribution >= 4 is 15.9 Å². The molecule has 1 unspecified atom stereocenters. The van der Waals surface area contributed by atoms with Crippen molar-refractivity contribution in [3.63, 3.8) is 0 Å². The molecule has 0 saturated carbocycles. The second-order valence-corrected chi connectivity index (χ2v) is 5.68. The molecule has 0 aliphatic heterocycles. The van der Waals surface area contributed by atoms with E-state index in [1.54, 1.807) is 6.07 Å². The van der Waals surface area contributed by atoms with Crippen molar-refractivity contribution in [2.45, 2.75) is 57.9 Å². The zero-order valence-electron chi connectivity index (χ0n) is 11.1. The van der Waals surface area contributed by atoms with E-state index in [-0.39, 0.29) is 11.9 Å². The molecule has 0 saturated heterocycles. The highest BCUT2D eigenvalue weighted by Gasteiger charge is 2.10. The molecule has 0 aliphatic carbocycles. The van der Waals surface area contributed by atoms with E-state index in [2.05, 4.69) is 22.9 Å². The Morgan fingerprint density at radius 2 is 1.83 bits per heavy atom. The van der Waals surface area contributed by atoms with Crippen molar-refractivity contribution in [3.8, 4) is 0 Å². The fraction of sp³-hybridized carbons (Fsp3) is 0.600. The van der Waals surface area contributed by atoms with Crippen molar-refractivity contribution < 1.29 is 4.39 Å². The van der Waals surface area contributed by atoms with Gasteiger partial charge < -0.3 is 5.73 Å². The Kier molecular flexibility index (Phi) is 7.52. The van der Waals surface area contributed by atoms with Gasteiger partial charge in [0, 0.05) is 10.5 Å². The molecule has 0 aliphatic rings. The summed E-state index contributed by atoms with van der Waals surface area (Å²) in [7, 11) is 0. The number of rotatable bonds is 8. The van der Waals surface area contributed by atoms with E-state index in [0.29, 0.717) is 0 Å². The summed E-state index contributed by atoms with van der Waals surface area (Å²) in [6, 6.07) is 4.74. The molecule has 0 bridgehead atoms. The van der Waals surface area contributed by atoms with E-state index < -0.39 is 0 Å². The van der Waals surface area contributed by atoms with Gasteiger partial charge in [-0.05, 0) is 24.1 Å². The van der Waals surface area contributed by atoms with Crippen LogP contribution in [-0.4, -0.2) is 0 Å². The summed E-state index contributed by atoms with van der Waals surface area (Å²) in [4.78, 5) is 0. The summed E-state index contributed by atoms with van der Waals surface area (Å²) >= 11 is 3.37. The van der Waals surface area contributed by atoms with Gasteiger partial charge in [0.15, 0.2) is 0 Å². The van der Waals surface area contributed by atoms with Crippen molar-refractivity contribution in [2.75, 3.05) is 0 Å². The Bertz CT molecular complexity index is 354. The van der Waals surface area contributed by atoms with Crippen LogP contribution in [0.3, 0.4) is 0 Å². The molecule has 0 spiro atoms. The predicted molar refractivity (Wildman–Crippen MR) is 79.0 cm³/mol. The number of nitrogens with two attached hydrogens (primary N) is 1. The van der Waals surface area contributed by atoms with Gasteiger partial charge in [0.1, 0.15) is 5.82 Å². The maximum atomic E-state index is 13.0. The van der Waals surface area contributed by atoms with Crippen molar-refractivity contribution in [2.24, 2.45) is 5.73 Å². The van der Waals surface area contributed by atoms with Gasteiger partial charge in [-0.15, -0.1) is 0 Å². The van der Waals surface area contributed by atoms with Gasteiger partial charge in [-0.2, -0.15) is 0 Å². The molecule has 0 fully saturated rings. The van der Waals surface area contributed by atoms with Crippen molar-refractivity contribution in [3.05, 3.63) is 34.1 Å². The molecule has 1 rings (SSSR count). The Morgan fingerprint density at radius 1 is 1.17 bits per heavy atom. The third-order valence-corrected chi connectivity index (χ3v) is 3.92. The highest BCUT2D eigenvalue weighted by molar-refractivity contribution is 9.10. The molecule has 1 nitrogen and oxygen atoms in total. The van der Waals surface area contributed by atoms with Crippen LogP contribution < -0.4 is 5.73 Å². The lowest BCUT2D eigenvalue weighted by Gasteiger charge is -2.13. The molecule has 102 valence electrons. The summed E-state index contributed by atoms with van der Waals surface area (Å²) in [5.41, 5.74) is 7.14. The average molecular weight is 316 g/mol. The Balaban J connectivity index is 2.29. The Morgan fingerprint density at radius 3 is 2.50 bits per heavy atom. The second kappa shape index (κ2) is 8.65. The molecule has 0 amide bonds. The van der Waals surface area contributed by atoms with E-state index in [0.717, 1.165) is 22.9 Å². The largest absolute Gasteiger partial charge is 0.324 e. The minimum atomic E-state index is -0.225. The summed E-state index contributed by atoms with van der Waals surface area (Å²) in [6.07, 6.45) is 8.59. The van der Waals surface area contributed by atoms with Gasteiger partial charge in [-0.25, -0.2) is 4.39 Å². The first-order valence-electron chi connectivity index (χ1n) is 6.85. The minimum absolute atomic E-state index is 0.00569. The maximum Gasteiger partial charge on any atom is 0.124 e. The summed E-state index contributed by atoms with van der Waals surface area (Å²) in [5.74, 6) is -0.225. The van der Waals surface area contributed by atoms with E-state index >= 15 is 0 Å². The van der Waals surface area contributed by atoms with Gasteiger partial charge in [0.2, 0.25) is 0 Å². The zero-order valence-corrected chi connectivity index (χ0v) is 12.7. The zero-order chi connectivity index (χ0) is 13.4. The average Bonchev–Trinajstić information content (AvgIpc) is 2.33. The molecular formula is C15H23BrFN. The number of unbranched alkanes of at least 4 members (excludes halogenated alkanes) is 5. The third kappa shape index (κ3) is 5.49. The smallest absolute Gasteiger partial charge is 0.124 e. The highest BCUT2D eigenvalue weighted by Crippen LogP contribution is 2.26. The van der Waals surface area contributed by atoms with E-state index in [9.17, 15) is 4.39 Å². The quantitative estimate of drug-likeness (QED) is 0.644. The number of benzene rings is 1. The maximum absolute atomic E-state index is 13.0. The number of hydrogen-bond acceptors (Lipinski definition) is 1. The van der Waals surface area contributed by atoms with Crippen LogP contribution in [0.1, 0.15) is 63.5 Å². The first kappa shape index (κ1) is 15.6. The minimum Gasteiger partial charge on any atom is -0.324 e. The highest BCUT2D eigenvalue weighted by atomic mass is 79.9. The lowest BCUT2D eigenvalue weighted by atomic mass is 10.0. The SMILES string of the molecule is CCCCCCCCC(N)c1ccc(F)cc1Br. The number of hydrogen-bond donors (Lipinski definition) is 1. The normalized spacial score (nSPS) is 12.7. The van der Waals surface area contributed by atoms with Gasteiger partial charge in [0.25, 0.3) is 0 Å². The standard InChI is InChI=1S/C15H23BrFN/c1-2-3-4-5-6-7-8-15(18)13-10-9-12(17)11-14(13)16/h9-11,15H,2-8,18H2,1H3. The van der Waals surface area contributed by atoms with Crippen LogP contribution in [0.5, 0.6) is 0 Å². The first-order chi connectivity index (χ1) is 8.65. The van der Waals surface area contributed by atoms with E-state index in [1.165, 1.54) is 44.2 Å². The lowest BCUT2D eigenvalue weighted by molar-refractivity contribution is 0.545. The fourth-order valence-corrected chi connectivity index (χ4v) is 2.75. The van der Waals surface area contributed by atoms with Gasteiger partial charge in [-0.1, -0.05) is 67.4 Å². The van der Waals surface area contributed by atoms with E-state index in [4.69, 9.17) is 5.73 Å². The van der Waals surface area contributed by atoms with Crippen molar-refractivity contribution in [1.82, 2.24) is 0 Å². The molecule has 18 heavy (non-hydrogen) atoms. The van der Waals surface area contributed by atoms with Gasteiger partial charge in [0.05, 0.1) is 0 Å². The first-order valence-corrected chi connectivity index (χ1v) is 7.65. The molecule has 1 aromatic carbocycles. The Labute approximate surface area is 118 Å². The molecule has 0 radical (unpaired) electrons. The predicted octanol–water partition coefficient (Wildman–Crippen LogP) is 5.34. The third-order valence-electron chi connectivity index (χ3n) is 3.23. The van der Waals surface area contributed by atoms with Crippen LogP contribution in [0.2, 0.25) is 0 Å². The van der Waals surface area contributed by atoms with Crippen LogP contribution >= 0.6 is 15.9 Å².